The molecule has 0 spiro atoms. The van der Waals surface area contributed by atoms with E-state index in [1.54, 1.807) is 11.0 Å². The third kappa shape index (κ3) is 4.75. The summed E-state index contributed by atoms with van der Waals surface area (Å²) in [5, 5.41) is 2.89. The van der Waals surface area contributed by atoms with Gasteiger partial charge in [-0.25, -0.2) is 0 Å². The molecule has 0 bridgehead atoms. The van der Waals surface area contributed by atoms with E-state index in [9.17, 15) is 14.4 Å². The molecule has 1 atom stereocenters. The number of amides is 3. The van der Waals surface area contributed by atoms with Gasteiger partial charge in [-0.05, 0) is 63.6 Å². The van der Waals surface area contributed by atoms with Gasteiger partial charge < -0.3 is 19.9 Å². The minimum atomic E-state index is -0.234. The van der Waals surface area contributed by atoms with Crippen LogP contribution in [0.1, 0.15) is 55.8 Å². The minimum absolute atomic E-state index is 0.00107. The zero-order valence-corrected chi connectivity index (χ0v) is 19.0. The number of ether oxygens (including phenoxy) is 1. The Kier molecular flexibility index (Phi) is 7.29. The lowest BCUT2D eigenvalue weighted by Crippen LogP contribution is -2.57. The molecule has 0 aromatic heterocycles. The third-order valence-corrected chi connectivity index (χ3v) is 6.56. The predicted molar refractivity (Wildman–Crippen MR) is 123 cm³/mol. The van der Waals surface area contributed by atoms with E-state index in [4.69, 9.17) is 4.74 Å². The van der Waals surface area contributed by atoms with Crippen LogP contribution >= 0.6 is 0 Å². The number of carbonyl (C=O) groups excluding carboxylic acids is 3. The molecule has 0 aliphatic carbocycles. The minimum Gasteiger partial charge on any atom is -0.382 e. The van der Waals surface area contributed by atoms with Gasteiger partial charge in [0.05, 0.1) is 11.4 Å². The van der Waals surface area contributed by atoms with Crippen LogP contribution in [0, 0.1) is 0 Å². The Hall–Kier alpha value is -2.61. The largest absolute Gasteiger partial charge is 0.382 e. The SMILES string of the molecule is CCOCCCNC(=O)CN1C(=O)[C@@H]2CCCCN2c2ccc(C(=O)N3CCCC3)cc21. The van der Waals surface area contributed by atoms with Gasteiger partial charge in [-0.15, -0.1) is 0 Å². The molecule has 1 aromatic rings. The van der Waals surface area contributed by atoms with E-state index in [1.165, 1.54) is 0 Å². The van der Waals surface area contributed by atoms with Crippen LogP contribution < -0.4 is 15.1 Å². The van der Waals surface area contributed by atoms with Gasteiger partial charge in [0.15, 0.2) is 0 Å². The summed E-state index contributed by atoms with van der Waals surface area (Å²) in [7, 11) is 0. The maximum Gasteiger partial charge on any atom is 0.253 e. The lowest BCUT2D eigenvalue weighted by molar-refractivity contribution is -0.125. The van der Waals surface area contributed by atoms with E-state index < -0.39 is 0 Å². The fourth-order valence-electron chi connectivity index (χ4n) is 4.90. The summed E-state index contributed by atoms with van der Waals surface area (Å²) in [5.74, 6) is -0.243. The number of nitrogens with zero attached hydrogens (tertiary/aromatic N) is 3. The van der Waals surface area contributed by atoms with Gasteiger partial charge in [0.2, 0.25) is 11.8 Å². The summed E-state index contributed by atoms with van der Waals surface area (Å²) < 4.78 is 5.31. The summed E-state index contributed by atoms with van der Waals surface area (Å²) >= 11 is 0. The molecule has 8 nitrogen and oxygen atoms in total. The number of hydrogen-bond acceptors (Lipinski definition) is 5. The van der Waals surface area contributed by atoms with Crippen molar-refractivity contribution >= 4 is 29.1 Å². The second-order valence-corrected chi connectivity index (χ2v) is 8.73. The third-order valence-electron chi connectivity index (χ3n) is 6.56. The zero-order chi connectivity index (χ0) is 22.5. The molecular weight excluding hydrogens is 408 g/mol. The summed E-state index contributed by atoms with van der Waals surface area (Å²) in [4.78, 5) is 44.6. The predicted octanol–water partition coefficient (Wildman–Crippen LogP) is 2.17. The van der Waals surface area contributed by atoms with Gasteiger partial charge >= 0.3 is 0 Å². The number of rotatable bonds is 8. The number of piperidine rings is 1. The molecular formula is C24H34N4O4. The first-order valence-corrected chi connectivity index (χ1v) is 12.0. The Labute approximate surface area is 189 Å². The number of anilines is 2. The lowest BCUT2D eigenvalue weighted by atomic mass is 9.95. The van der Waals surface area contributed by atoms with Crippen LogP contribution in [0.15, 0.2) is 18.2 Å². The highest BCUT2D eigenvalue weighted by Crippen LogP contribution is 2.40. The van der Waals surface area contributed by atoms with E-state index in [1.807, 2.05) is 24.0 Å². The number of carbonyl (C=O) groups is 3. The first-order valence-electron chi connectivity index (χ1n) is 12.0. The summed E-state index contributed by atoms with van der Waals surface area (Å²) in [6.07, 6.45) is 5.62. The molecule has 1 aromatic carbocycles. The maximum atomic E-state index is 13.4. The van der Waals surface area contributed by atoms with E-state index >= 15 is 0 Å². The molecule has 2 fully saturated rings. The molecule has 2 saturated heterocycles. The topological polar surface area (TPSA) is 82.2 Å². The number of benzene rings is 1. The van der Waals surface area contributed by atoms with Crippen LogP contribution in [0.25, 0.3) is 0 Å². The second-order valence-electron chi connectivity index (χ2n) is 8.73. The van der Waals surface area contributed by atoms with E-state index in [2.05, 4.69) is 10.2 Å². The molecule has 1 N–H and O–H groups in total. The van der Waals surface area contributed by atoms with E-state index in [0.717, 1.165) is 63.8 Å². The Bertz CT molecular complexity index is 852. The van der Waals surface area contributed by atoms with Crippen LogP contribution in [0.2, 0.25) is 0 Å². The second kappa shape index (κ2) is 10.3. The monoisotopic (exact) mass is 442 g/mol. The first kappa shape index (κ1) is 22.6. The number of likely N-dealkylation sites (tertiary alicyclic amines) is 1. The lowest BCUT2D eigenvalue weighted by Gasteiger charge is -2.45. The number of fused-ring (bicyclic) bond motifs is 3. The van der Waals surface area contributed by atoms with Gasteiger partial charge in [-0.1, -0.05) is 0 Å². The van der Waals surface area contributed by atoms with Gasteiger partial charge in [-0.3, -0.25) is 19.3 Å². The summed E-state index contributed by atoms with van der Waals surface area (Å²) in [6.45, 7) is 6.04. The Morgan fingerprint density at radius 3 is 2.66 bits per heavy atom. The average Bonchev–Trinajstić information content (AvgIpc) is 3.36. The van der Waals surface area contributed by atoms with Gasteiger partial charge in [0, 0.05) is 45.0 Å². The highest BCUT2D eigenvalue weighted by atomic mass is 16.5. The Morgan fingerprint density at radius 2 is 1.88 bits per heavy atom. The van der Waals surface area contributed by atoms with E-state index in [0.29, 0.717) is 31.0 Å². The summed E-state index contributed by atoms with van der Waals surface area (Å²) in [6, 6.07) is 5.40. The highest BCUT2D eigenvalue weighted by molar-refractivity contribution is 6.09. The van der Waals surface area contributed by atoms with Crippen molar-refractivity contribution in [2.75, 3.05) is 55.7 Å². The van der Waals surface area contributed by atoms with Crippen molar-refractivity contribution in [1.29, 1.82) is 0 Å². The van der Waals surface area contributed by atoms with Crippen molar-refractivity contribution in [3.63, 3.8) is 0 Å². The van der Waals surface area contributed by atoms with Gasteiger partial charge in [0.25, 0.3) is 5.91 Å². The van der Waals surface area contributed by atoms with Crippen LogP contribution in [-0.2, 0) is 14.3 Å². The normalized spacial score (nSPS) is 20.2. The Morgan fingerprint density at radius 1 is 1.09 bits per heavy atom. The molecule has 3 amide bonds. The fraction of sp³-hybridized carbons (Fsp3) is 0.625. The molecule has 0 unspecified atom stereocenters. The van der Waals surface area contributed by atoms with Crippen molar-refractivity contribution < 1.29 is 19.1 Å². The highest BCUT2D eigenvalue weighted by Gasteiger charge is 2.40. The molecule has 8 heteroatoms. The van der Waals surface area contributed by atoms with Crippen molar-refractivity contribution in [3.05, 3.63) is 23.8 Å². The van der Waals surface area contributed by atoms with E-state index in [-0.39, 0.29) is 30.3 Å². The van der Waals surface area contributed by atoms with Crippen LogP contribution in [0.4, 0.5) is 11.4 Å². The standard InChI is InChI=1S/C24H34N4O4/c1-2-32-15-7-11-25-22(29)17-28-21-16-18(23(30)26-12-5-6-13-26)9-10-19(21)27-14-4-3-8-20(27)24(28)31/h9-10,16,20H,2-8,11-15,17H2,1H3,(H,25,29)/t20-/m0/s1. The molecule has 3 aliphatic heterocycles. The zero-order valence-electron chi connectivity index (χ0n) is 19.0. The van der Waals surface area contributed by atoms with Crippen LogP contribution in [-0.4, -0.2) is 74.6 Å². The number of hydrogen-bond donors (Lipinski definition) is 1. The van der Waals surface area contributed by atoms with Crippen molar-refractivity contribution in [2.45, 2.75) is 51.5 Å². The molecule has 0 saturated carbocycles. The average molecular weight is 443 g/mol. The molecule has 3 aliphatic rings. The van der Waals surface area contributed by atoms with Crippen molar-refractivity contribution in [1.82, 2.24) is 10.2 Å². The molecule has 32 heavy (non-hydrogen) atoms. The summed E-state index contributed by atoms with van der Waals surface area (Å²) in [5.41, 5.74) is 2.19. The van der Waals surface area contributed by atoms with Crippen LogP contribution in [0.3, 0.4) is 0 Å². The molecule has 3 heterocycles. The van der Waals surface area contributed by atoms with Crippen LogP contribution in [0.5, 0.6) is 0 Å². The van der Waals surface area contributed by atoms with Gasteiger partial charge in [0.1, 0.15) is 12.6 Å². The number of nitrogens with one attached hydrogen (secondary N) is 1. The molecule has 174 valence electrons. The quantitative estimate of drug-likeness (QED) is 0.624. The first-order chi connectivity index (χ1) is 15.6. The fourth-order valence-corrected chi connectivity index (χ4v) is 4.90. The Balaban J connectivity index is 1.55. The van der Waals surface area contributed by atoms with Crippen molar-refractivity contribution in [2.24, 2.45) is 0 Å². The van der Waals surface area contributed by atoms with Gasteiger partial charge in [-0.2, -0.15) is 0 Å². The molecule has 4 rings (SSSR count). The smallest absolute Gasteiger partial charge is 0.253 e. The van der Waals surface area contributed by atoms with Crippen molar-refractivity contribution in [3.8, 4) is 0 Å². The molecule has 0 radical (unpaired) electrons. The maximum absolute atomic E-state index is 13.4.